The summed E-state index contributed by atoms with van der Waals surface area (Å²) in [5.74, 6) is -0.801. The second-order valence-corrected chi connectivity index (χ2v) is 4.52. The lowest BCUT2D eigenvalue weighted by Gasteiger charge is -2.17. The first kappa shape index (κ1) is 14.8. The highest BCUT2D eigenvalue weighted by molar-refractivity contribution is 5.95. The van der Waals surface area contributed by atoms with Crippen LogP contribution in [-0.4, -0.2) is 23.6 Å². The molecule has 0 aliphatic rings. The fourth-order valence-corrected chi connectivity index (χ4v) is 2.14. The van der Waals surface area contributed by atoms with Gasteiger partial charge in [0.15, 0.2) is 6.04 Å². The number of nitrogens with zero attached hydrogens (tertiary/aromatic N) is 1. The normalized spacial score (nSPS) is 11.7. The fourth-order valence-electron chi connectivity index (χ4n) is 2.14. The number of hydrogen-bond acceptors (Lipinski definition) is 3. The number of benzene rings is 1. The number of hydrogen-bond donors (Lipinski definition) is 1. The van der Waals surface area contributed by atoms with Crippen molar-refractivity contribution in [1.82, 2.24) is 9.88 Å². The van der Waals surface area contributed by atoms with Crippen LogP contribution in [0.15, 0.2) is 48.7 Å². The Morgan fingerprint density at radius 2 is 1.90 bits per heavy atom. The quantitative estimate of drug-likeness (QED) is 0.857. The minimum Gasteiger partial charge on any atom is -0.467 e. The number of carbonyl (C=O) groups excluding carboxylic acids is 2. The predicted molar refractivity (Wildman–Crippen MR) is 78.8 cm³/mol. The van der Waals surface area contributed by atoms with Crippen LogP contribution < -0.4 is 5.32 Å². The monoisotopic (exact) mass is 286 g/mol. The molecule has 1 unspecified atom stereocenters. The van der Waals surface area contributed by atoms with Gasteiger partial charge in [-0.25, -0.2) is 4.79 Å². The molecule has 2 aromatic rings. The van der Waals surface area contributed by atoms with E-state index in [1.807, 2.05) is 35.9 Å². The van der Waals surface area contributed by atoms with Gasteiger partial charge >= 0.3 is 5.97 Å². The molecule has 110 valence electrons. The number of carbonyl (C=O) groups is 2. The maximum Gasteiger partial charge on any atom is 0.333 e. The lowest BCUT2D eigenvalue weighted by atomic mass is 10.1. The molecule has 2 rings (SSSR count). The molecule has 1 amide bonds. The molecular formula is C16H18N2O3. The first-order valence-electron chi connectivity index (χ1n) is 6.76. The molecule has 0 fully saturated rings. The highest BCUT2D eigenvalue weighted by Gasteiger charge is 2.24. The number of amides is 1. The molecule has 21 heavy (non-hydrogen) atoms. The van der Waals surface area contributed by atoms with Gasteiger partial charge in [-0.2, -0.15) is 0 Å². The smallest absolute Gasteiger partial charge is 0.333 e. The average Bonchev–Trinajstić information content (AvgIpc) is 3.01. The zero-order chi connectivity index (χ0) is 15.2. The van der Waals surface area contributed by atoms with Gasteiger partial charge in [-0.05, 0) is 24.6 Å². The molecule has 1 atom stereocenters. The van der Waals surface area contributed by atoms with Crippen LogP contribution >= 0.6 is 0 Å². The zero-order valence-corrected chi connectivity index (χ0v) is 12.1. The third-order valence-corrected chi connectivity index (χ3v) is 3.25. The number of esters is 1. The first-order valence-corrected chi connectivity index (χ1v) is 6.76. The van der Waals surface area contributed by atoms with E-state index >= 15 is 0 Å². The minimum atomic E-state index is -0.816. The largest absolute Gasteiger partial charge is 0.467 e. The van der Waals surface area contributed by atoms with Crippen molar-refractivity contribution in [2.45, 2.75) is 19.5 Å². The standard InChI is InChI=1S/C16H18N2O3/c1-3-18-11-7-10-13(18)15(19)17-14(16(20)21-2)12-8-5-4-6-9-12/h4-11,14H,3H2,1-2H3,(H,17,19). The van der Waals surface area contributed by atoms with E-state index in [0.29, 0.717) is 17.8 Å². The summed E-state index contributed by atoms with van der Waals surface area (Å²) in [6.07, 6.45) is 1.82. The maximum atomic E-state index is 12.3. The molecular weight excluding hydrogens is 268 g/mol. The van der Waals surface area contributed by atoms with Crippen molar-refractivity contribution in [2.24, 2.45) is 0 Å². The van der Waals surface area contributed by atoms with Crippen LogP contribution in [0, 0.1) is 0 Å². The molecule has 0 bridgehead atoms. The number of nitrogens with one attached hydrogen (secondary N) is 1. The summed E-state index contributed by atoms with van der Waals surface area (Å²) >= 11 is 0. The number of aryl methyl sites for hydroxylation is 1. The summed E-state index contributed by atoms with van der Waals surface area (Å²) in [5, 5.41) is 2.73. The van der Waals surface area contributed by atoms with Gasteiger partial charge in [0, 0.05) is 12.7 Å². The number of rotatable bonds is 5. The number of aromatic nitrogens is 1. The van der Waals surface area contributed by atoms with E-state index < -0.39 is 12.0 Å². The molecule has 5 nitrogen and oxygen atoms in total. The van der Waals surface area contributed by atoms with Gasteiger partial charge in [0.25, 0.3) is 5.91 Å². The van der Waals surface area contributed by atoms with Crippen LogP contribution in [0.5, 0.6) is 0 Å². The molecule has 0 saturated carbocycles. The Balaban J connectivity index is 2.24. The topological polar surface area (TPSA) is 60.3 Å². The molecule has 0 saturated heterocycles. The Morgan fingerprint density at radius 3 is 2.52 bits per heavy atom. The van der Waals surface area contributed by atoms with E-state index in [2.05, 4.69) is 5.32 Å². The average molecular weight is 286 g/mol. The highest BCUT2D eigenvalue weighted by atomic mass is 16.5. The van der Waals surface area contributed by atoms with E-state index in [-0.39, 0.29) is 5.91 Å². The van der Waals surface area contributed by atoms with Gasteiger partial charge in [-0.3, -0.25) is 4.79 Å². The van der Waals surface area contributed by atoms with Gasteiger partial charge in [0.1, 0.15) is 5.69 Å². The van der Waals surface area contributed by atoms with E-state index in [1.54, 1.807) is 24.3 Å². The van der Waals surface area contributed by atoms with Crippen LogP contribution in [0.4, 0.5) is 0 Å². The molecule has 1 heterocycles. The molecule has 1 aromatic heterocycles. The Kier molecular flexibility index (Phi) is 4.77. The summed E-state index contributed by atoms with van der Waals surface area (Å²) in [5.41, 5.74) is 1.20. The van der Waals surface area contributed by atoms with E-state index in [9.17, 15) is 9.59 Å². The van der Waals surface area contributed by atoms with Gasteiger partial charge < -0.3 is 14.6 Å². The Morgan fingerprint density at radius 1 is 1.19 bits per heavy atom. The maximum absolute atomic E-state index is 12.3. The summed E-state index contributed by atoms with van der Waals surface area (Å²) in [7, 11) is 1.30. The van der Waals surface area contributed by atoms with Crippen molar-refractivity contribution in [1.29, 1.82) is 0 Å². The van der Waals surface area contributed by atoms with Crippen molar-refractivity contribution in [2.75, 3.05) is 7.11 Å². The molecule has 0 aliphatic heterocycles. The summed E-state index contributed by atoms with van der Waals surface area (Å²) in [6, 6.07) is 11.7. The molecule has 5 heteroatoms. The van der Waals surface area contributed by atoms with Crippen molar-refractivity contribution in [3.8, 4) is 0 Å². The third kappa shape index (κ3) is 3.31. The fraction of sp³-hybridized carbons (Fsp3) is 0.250. The van der Waals surface area contributed by atoms with Crippen molar-refractivity contribution in [3.63, 3.8) is 0 Å². The van der Waals surface area contributed by atoms with Crippen molar-refractivity contribution in [3.05, 3.63) is 59.9 Å². The number of methoxy groups -OCH3 is 1. The van der Waals surface area contributed by atoms with E-state index in [1.165, 1.54) is 7.11 Å². The van der Waals surface area contributed by atoms with Crippen LogP contribution in [0.2, 0.25) is 0 Å². The van der Waals surface area contributed by atoms with Crippen LogP contribution in [0.1, 0.15) is 29.0 Å². The van der Waals surface area contributed by atoms with Crippen molar-refractivity contribution < 1.29 is 14.3 Å². The molecule has 1 N–H and O–H groups in total. The van der Waals surface area contributed by atoms with Crippen LogP contribution in [0.3, 0.4) is 0 Å². The first-order chi connectivity index (χ1) is 10.2. The van der Waals surface area contributed by atoms with Gasteiger partial charge in [-0.15, -0.1) is 0 Å². The van der Waals surface area contributed by atoms with E-state index in [0.717, 1.165) is 0 Å². The molecule has 0 spiro atoms. The summed E-state index contributed by atoms with van der Waals surface area (Å²) in [6.45, 7) is 2.63. The predicted octanol–water partition coefficient (Wildman–Crippen LogP) is 2.15. The van der Waals surface area contributed by atoms with Gasteiger partial charge in [-0.1, -0.05) is 30.3 Å². The Hall–Kier alpha value is -2.56. The van der Waals surface area contributed by atoms with Gasteiger partial charge in [0.2, 0.25) is 0 Å². The third-order valence-electron chi connectivity index (χ3n) is 3.25. The summed E-state index contributed by atoms with van der Waals surface area (Å²) in [4.78, 5) is 24.3. The summed E-state index contributed by atoms with van der Waals surface area (Å²) < 4.78 is 6.60. The molecule has 0 aliphatic carbocycles. The van der Waals surface area contributed by atoms with Crippen molar-refractivity contribution >= 4 is 11.9 Å². The van der Waals surface area contributed by atoms with Crippen LogP contribution in [-0.2, 0) is 16.1 Å². The minimum absolute atomic E-state index is 0.305. The van der Waals surface area contributed by atoms with Crippen LogP contribution in [0.25, 0.3) is 0 Å². The molecule has 1 aromatic carbocycles. The second-order valence-electron chi connectivity index (χ2n) is 4.52. The van der Waals surface area contributed by atoms with Gasteiger partial charge in [0.05, 0.1) is 7.11 Å². The lowest BCUT2D eigenvalue weighted by molar-refractivity contribution is -0.143. The van der Waals surface area contributed by atoms with E-state index in [4.69, 9.17) is 4.74 Å². The highest BCUT2D eigenvalue weighted by Crippen LogP contribution is 2.15. The second kappa shape index (κ2) is 6.74. The lowest BCUT2D eigenvalue weighted by Crippen LogP contribution is -2.35. The SMILES string of the molecule is CCn1cccc1C(=O)NC(C(=O)OC)c1ccccc1. The number of ether oxygens (including phenoxy) is 1. The molecule has 0 radical (unpaired) electrons. The Bertz CT molecular complexity index is 619. The Labute approximate surface area is 123 Å². The zero-order valence-electron chi connectivity index (χ0n) is 12.1.